The van der Waals surface area contributed by atoms with Crippen LogP contribution in [0.1, 0.15) is 18.2 Å². The lowest BCUT2D eigenvalue weighted by atomic mass is 10.1. The van der Waals surface area contributed by atoms with Crippen LogP contribution in [0.3, 0.4) is 0 Å². The molecule has 0 radical (unpaired) electrons. The molecule has 4 heteroatoms. The first-order chi connectivity index (χ1) is 6.24. The van der Waals surface area contributed by atoms with E-state index in [1.807, 2.05) is 6.07 Å². The van der Waals surface area contributed by atoms with Crippen molar-refractivity contribution < 1.29 is 9.53 Å². The number of carbonyl (C=O) groups excluding carboxylic acids is 1. The highest BCUT2D eigenvalue weighted by Gasteiger charge is 2.11. The lowest BCUT2D eigenvalue weighted by Crippen LogP contribution is -2.17. The van der Waals surface area contributed by atoms with E-state index >= 15 is 0 Å². The van der Waals surface area contributed by atoms with Crippen LogP contribution in [-0.4, -0.2) is 18.1 Å². The molecule has 1 unspecified atom stereocenters. The lowest BCUT2D eigenvalue weighted by Gasteiger charge is -2.08. The lowest BCUT2D eigenvalue weighted by molar-refractivity contribution is -0.141. The van der Waals surface area contributed by atoms with Gasteiger partial charge in [-0.05, 0) is 12.1 Å². The molecular weight excluding hydrogens is 168 g/mol. The number of hydrogen-bond donors (Lipinski definition) is 1. The van der Waals surface area contributed by atoms with Crippen LogP contribution in [0.4, 0.5) is 0 Å². The van der Waals surface area contributed by atoms with E-state index in [1.54, 1.807) is 18.3 Å². The van der Waals surface area contributed by atoms with Gasteiger partial charge in [0.25, 0.3) is 0 Å². The summed E-state index contributed by atoms with van der Waals surface area (Å²) in [4.78, 5) is 14.9. The third-order valence-electron chi connectivity index (χ3n) is 1.68. The van der Waals surface area contributed by atoms with Gasteiger partial charge in [-0.15, -0.1) is 0 Å². The third kappa shape index (κ3) is 2.83. The Labute approximate surface area is 76.7 Å². The van der Waals surface area contributed by atoms with E-state index in [0.717, 1.165) is 0 Å². The highest BCUT2D eigenvalue weighted by atomic mass is 16.5. The summed E-state index contributed by atoms with van der Waals surface area (Å²) in [5.74, 6) is -0.321. The molecule has 0 amide bonds. The molecule has 1 aromatic rings. The summed E-state index contributed by atoms with van der Waals surface area (Å²) >= 11 is 0. The number of nitrogens with two attached hydrogens (primary N) is 1. The molecule has 0 bridgehead atoms. The molecule has 13 heavy (non-hydrogen) atoms. The Morgan fingerprint density at radius 3 is 3.00 bits per heavy atom. The fourth-order valence-electron chi connectivity index (χ4n) is 0.963. The summed E-state index contributed by atoms with van der Waals surface area (Å²) in [5.41, 5.74) is 6.41. The normalized spacial score (nSPS) is 12.2. The van der Waals surface area contributed by atoms with Gasteiger partial charge in [0.2, 0.25) is 0 Å². The molecule has 0 fully saturated rings. The molecule has 0 saturated heterocycles. The second-order valence-corrected chi connectivity index (χ2v) is 2.64. The fraction of sp³-hybridized carbons (Fsp3) is 0.333. The van der Waals surface area contributed by atoms with Gasteiger partial charge in [-0.25, -0.2) is 0 Å². The van der Waals surface area contributed by atoms with E-state index in [9.17, 15) is 4.79 Å². The van der Waals surface area contributed by atoms with Crippen LogP contribution in [0.2, 0.25) is 0 Å². The predicted molar refractivity (Wildman–Crippen MR) is 47.8 cm³/mol. The largest absolute Gasteiger partial charge is 0.469 e. The van der Waals surface area contributed by atoms with Crippen LogP contribution in [-0.2, 0) is 9.53 Å². The van der Waals surface area contributed by atoms with Gasteiger partial charge in [0.15, 0.2) is 0 Å². The Kier molecular flexibility index (Phi) is 3.40. The maximum Gasteiger partial charge on any atom is 0.307 e. The molecule has 1 atom stereocenters. The number of esters is 1. The highest BCUT2D eigenvalue weighted by Crippen LogP contribution is 2.10. The van der Waals surface area contributed by atoms with Crippen molar-refractivity contribution in [2.24, 2.45) is 5.73 Å². The topological polar surface area (TPSA) is 65.2 Å². The van der Waals surface area contributed by atoms with Gasteiger partial charge in [0.1, 0.15) is 0 Å². The summed E-state index contributed by atoms with van der Waals surface area (Å²) in [6.45, 7) is 0. The molecule has 0 aromatic carbocycles. The minimum Gasteiger partial charge on any atom is -0.469 e. The Hall–Kier alpha value is -1.42. The minimum atomic E-state index is -0.381. The quantitative estimate of drug-likeness (QED) is 0.693. The van der Waals surface area contributed by atoms with Crippen LogP contribution < -0.4 is 5.73 Å². The monoisotopic (exact) mass is 180 g/mol. The second kappa shape index (κ2) is 4.57. The zero-order valence-corrected chi connectivity index (χ0v) is 7.43. The zero-order valence-electron chi connectivity index (χ0n) is 7.43. The average molecular weight is 180 g/mol. The molecule has 0 aliphatic rings. The Bertz CT molecular complexity index is 274. The first kappa shape index (κ1) is 9.67. The van der Waals surface area contributed by atoms with Crippen molar-refractivity contribution >= 4 is 5.97 Å². The first-order valence-electron chi connectivity index (χ1n) is 3.97. The number of hydrogen-bond acceptors (Lipinski definition) is 4. The van der Waals surface area contributed by atoms with Gasteiger partial charge in [-0.3, -0.25) is 9.78 Å². The molecule has 0 saturated carbocycles. The van der Waals surface area contributed by atoms with Crippen LogP contribution in [0.5, 0.6) is 0 Å². The van der Waals surface area contributed by atoms with Crippen LogP contribution in [0.15, 0.2) is 24.4 Å². The number of ether oxygens (including phenoxy) is 1. The van der Waals surface area contributed by atoms with Gasteiger partial charge in [-0.1, -0.05) is 6.07 Å². The smallest absolute Gasteiger partial charge is 0.307 e. The molecule has 0 aliphatic carbocycles. The van der Waals surface area contributed by atoms with Crippen molar-refractivity contribution in [3.8, 4) is 0 Å². The predicted octanol–water partition coefficient (Wildman–Crippen LogP) is 0.644. The number of methoxy groups -OCH3 is 1. The van der Waals surface area contributed by atoms with Gasteiger partial charge in [-0.2, -0.15) is 0 Å². The highest BCUT2D eigenvalue weighted by molar-refractivity contribution is 5.70. The number of nitrogens with zero attached hydrogens (tertiary/aromatic N) is 1. The summed E-state index contributed by atoms with van der Waals surface area (Å²) in [6.07, 6.45) is 1.81. The Morgan fingerprint density at radius 2 is 2.46 bits per heavy atom. The van der Waals surface area contributed by atoms with Gasteiger partial charge in [0, 0.05) is 6.20 Å². The first-order valence-corrected chi connectivity index (χ1v) is 3.97. The van der Waals surface area contributed by atoms with E-state index in [-0.39, 0.29) is 18.4 Å². The van der Waals surface area contributed by atoms with E-state index in [1.165, 1.54) is 7.11 Å². The zero-order chi connectivity index (χ0) is 9.68. The molecule has 0 aliphatic heterocycles. The molecule has 2 N–H and O–H groups in total. The van der Waals surface area contributed by atoms with Crippen molar-refractivity contribution in [2.45, 2.75) is 12.5 Å². The van der Waals surface area contributed by atoms with Crippen LogP contribution >= 0.6 is 0 Å². The maximum absolute atomic E-state index is 10.9. The number of aromatic nitrogens is 1. The third-order valence-corrected chi connectivity index (χ3v) is 1.68. The van der Waals surface area contributed by atoms with Crippen molar-refractivity contribution in [2.75, 3.05) is 7.11 Å². The molecule has 1 rings (SSSR count). The minimum absolute atomic E-state index is 0.160. The van der Waals surface area contributed by atoms with E-state index < -0.39 is 0 Å². The molecular formula is C9H12N2O2. The van der Waals surface area contributed by atoms with E-state index in [2.05, 4.69) is 9.72 Å². The second-order valence-electron chi connectivity index (χ2n) is 2.64. The van der Waals surface area contributed by atoms with Crippen molar-refractivity contribution in [1.82, 2.24) is 4.98 Å². The standard InChI is InChI=1S/C9H12N2O2/c1-13-9(12)6-7(10)8-4-2-3-5-11-8/h2-5,7H,6,10H2,1H3. The van der Waals surface area contributed by atoms with Crippen molar-refractivity contribution in [3.05, 3.63) is 30.1 Å². The number of pyridine rings is 1. The van der Waals surface area contributed by atoms with Crippen LogP contribution in [0.25, 0.3) is 0 Å². The molecule has 1 aromatic heterocycles. The van der Waals surface area contributed by atoms with E-state index in [4.69, 9.17) is 5.73 Å². The summed E-state index contributed by atoms with van der Waals surface area (Å²) in [7, 11) is 1.34. The van der Waals surface area contributed by atoms with Gasteiger partial charge in [0.05, 0.1) is 25.3 Å². The maximum atomic E-state index is 10.9. The Morgan fingerprint density at radius 1 is 1.69 bits per heavy atom. The summed E-state index contributed by atoms with van der Waals surface area (Å²) < 4.78 is 4.50. The van der Waals surface area contributed by atoms with Gasteiger partial charge >= 0.3 is 5.97 Å². The molecule has 4 nitrogen and oxygen atoms in total. The molecule has 0 spiro atoms. The fourth-order valence-corrected chi connectivity index (χ4v) is 0.963. The van der Waals surface area contributed by atoms with Crippen molar-refractivity contribution in [3.63, 3.8) is 0 Å². The molecule has 1 heterocycles. The number of carbonyl (C=O) groups is 1. The van der Waals surface area contributed by atoms with Gasteiger partial charge < -0.3 is 10.5 Å². The Balaban J connectivity index is 2.59. The van der Waals surface area contributed by atoms with E-state index in [0.29, 0.717) is 5.69 Å². The van der Waals surface area contributed by atoms with Crippen molar-refractivity contribution in [1.29, 1.82) is 0 Å². The number of rotatable bonds is 3. The van der Waals surface area contributed by atoms with Crippen LogP contribution in [0, 0.1) is 0 Å². The molecule has 70 valence electrons. The summed E-state index contributed by atoms with van der Waals surface area (Å²) in [6, 6.07) is 5.04. The SMILES string of the molecule is COC(=O)CC(N)c1ccccn1. The summed E-state index contributed by atoms with van der Waals surface area (Å²) in [5, 5.41) is 0. The average Bonchev–Trinajstić information content (AvgIpc) is 2.19.